The summed E-state index contributed by atoms with van der Waals surface area (Å²) in [5.41, 5.74) is 5.14. The number of hydrogen-bond donors (Lipinski definition) is 0. The van der Waals surface area contributed by atoms with Gasteiger partial charge in [-0.3, -0.25) is 4.79 Å². The van der Waals surface area contributed by atoms with Crippen LogP contribution in [0.4, 0.5) is 4.39 Å². The number of aromatic nitrogens is 3. The lowest BCUT2D eigenvalue weighted by Crippen LogP contribution is -2.23. The molecule has 1 atom stereocenters. The van der Waals surface area contributed by atoms with Gasteiger partial charge >= 0.3 is 0 Å². The fraction of sp³-hybridized carbons (Fsp3) is 0.219. The van der Waals surface area contributed by atoms with Gasteiger partial charge in [0.1, 0.15) is 24.0 Å². The highest BCUT2D eigenvalue weighted by molar-refractivity contribution is 9.10. The lowest BCUT2D eigenvalue weighted by molar-refractivity contribution is 0.305. The number of halogens is 2. The van der Waals surface area contributed by atoms with Crippen LogP contribution >= 0.6 is 15.9 Å². The van der Waals surface area contributed by atoms with Gasteiger partial charge in [0.25, 0.3) is 5.56 Å². The van der Waals surface area contributed by atoms with Crippen molar-refractivity contribution in [3.8, 4) is 11.4 Å². The van der Waals surface area contributed by atoms with Crippen molar-refractivity contribution in [2.45, 2.75) is 46.6 Å². The van der Waals surface area contributed by atoms with E-state index in [2.05, 4.69) is 39.4 Å². The summed E-state index contributed by atoms with van der Waals surface area (Å²) in [7, 11) is 0. The molecule has 0 aliphatic carbocycles. The first-order valence-electron chi connectivity index (χ1n) is 13.2. The number of fused-ring (bicyclic) bond motifs is 1. The lowest BCUT2D eigenvalue weighted by atomic mass is 10.1. The molecule has 0 aliphatic heterocycles. The molecule has 5 aromatic rings. The standard InChI is InChI=1S/C32H30BrFN4O2/c1-5-20(2)31-36-30-14-9-25(33)17-29(30)32(39)38(31)35-18-24-15-21(3)37(22(24)4)27-10-12-28(13-11-27)40-19-23-7-6-8-26(34)16-23/h6-18,20H,5,19H2,1-4H3/t20-/m0/s1. The monoisotopic (exact) mass is 600 g/mol. The van der Waals surface area contributed by atoms with Gasteiger partial charge in [0.2, 0.25) is 0 Å². The molecule has 0 N–H and O–H groups in total. The highest BCUT2D eigenvalue weighted by atomic mass is 79.9. The van der Waals surface area contributed by atoms with Gasteiger partial charge in [-0.15, -0.1) is 0 Å². The van der Waals surface area contributed by atoms with Crippen LogP contribution in [0.5, 0.6) is 5.75 Å². The van der Waals surface area contributed by atoms with Crippen LogP contribution < -0.4 is 10.3 Å². The Morgan fingerprint density at radius 1 is 1.07 bits per heavy atom. The van der Waals surface area contributed by atoms with Gasteiger partial charge in [0.05, 0.1) is 17.1 Å². The van der Waals surface area contributed by atoms with E-state index >= 15 is 0 Å². The molecule has 0 amide bonds. The first-order valence-corrected chi connectivity index (χ1v) is 14.0. The van der Waals surface area contributed by atoms with Crippen molar-refractivity contribution in [1.82, 2.24) is 14.2 Å². The Balaban J connectivity index is 1.43. The number of rotatable bonds is 8. The Hall–Kier alpha value is -4.04. The Bertz CT molecular complexity index is 1770. The van der Waals surface area contributed by atoms with Gasteiger partial charge in [-0.2, -0.15) is 9.78 Å². The summed E-state index contributed by atoms with van der Waals surface area (Å²) < 4.78 is 23.7. The predicted octanol–water partition coefficient (Wildman–Crippen LogP) is 7.68. The van der Waals surface area contributed by atoms with Crippen molar-refractivity contribution in [1.29, 1.82) is 0 Å². The molecule has 8 heteroatoms. The van der Waals surface area contributed by atoms with Crippen LogP contribution in [-0.4, -0.2) is 20.4 Å². The van der Waals surface area contributed by atoms with E-state index in [4.69, 9.17) is 9.72 Å². The SMILES string of the molecule is CC[C@H](C)c1nc2ccc(Br)cc2c(=O)n1N=Cc1cc(C)n(-c2ccc(OCc3cccc(F)c3)cc2)c1C. The highest BCUT2D eigenvalue weighted by Gasteiger charge is 2.16. The van der Waals surface area contributed by atoms with E-state index in [0.29, 0.717) is 22.5 Å². The largest absolute Gasteiger partial charge is 0.489 e. The smallest absolute Gasteiger partial charge is 0.282 e. The summed E-state index contributed by atoms with van der Waals surface area (Å²) in [6.45, 7) is 8.47. The normalized spacial score (nSPS) is 12.3. The maximum absolute atomic E-state index is 13.5. The van der Waals surface area contributed by atoms with E-state index in [1.807, 2.05) is 62.4 Å². The van der Waals surface area contributed by atoms with E-state index in [-0.39, 0.29) is 23.9 Å². The van der Waals surface area contributed by atoms with Crippen molar-refractivity contribution < 1.29 is 9.13 Å². The Kier molecular flexibility index (Phi) is 7.98. The van der Waals surface area contributed by atoms with Gasteiger partial charge < -0.3 is 9.30 Å². The average molecular weight is 602 g/mol. The molecule has 204 valence electrons. The third kappa shape index (κ3) is 5.63. The van der Waals surface area contributed by atoms with Gasteiger partial charge in [-0.1, -0.05) is 41.9 Å². The summed E-state index contributed by atoms with van der Waals surface area (Å²) in [4.78, 5) is 18.3. The summed E-state index contributed by atoms with van der Waals surface area (Å²) >= 11 is 3.46. The molecule has 0 saturated carbocycles. The Morgan fingerprint density at radius 3 is 2.58 bits per heavy atom. The third-order valence-electron chi connectivity index (χ3n) is 7.06. The zero-order valence-corrected chi connectivity index (χ0v) is 24.4. The van der Waals surface area contributed by atoms with Crippen LogP contribution in [0.15, 0.2) is 87.2 Å². The van der Waals surface area contributed by atoms with E-state index in [1.54, 1.807) is 18.3 Å². The molecular weight excluding hydrogens is 571 g/mol. The maximum Gasteiger partial charge on any atom is 0.282 e. The molecule has 0 bridgehead atoms. The minimum atomic E-state index is -0.278. The number of aryl methyl sites for hydroxylation is 1. The molecule has 40 heavy (non-hydrogen) atoms. The van der Waals surface area contributed by atoms with Crippen molar-refractivity contribution >= 4 is 33.0 Å². The molecule has 0 radical (unpaired) electrons. The van der Waals surface area contributed by atoms with E-state index in [1.165, 1.54) is 16.8 Å². The van der Waals surface area contributed by atoms with E-state index < -0.39 is 0 Å². The number of nitrogens with zero attached hydrogens (tertiary/aromatic N) is 4. The zero-order valence-electron chi connectivity index (χ0n) is 22.9. The van der Waals surface area contributed by atoms with E-state index in [9.17, 15) is 9.18 Å². The molecule has 3 aromatic carbocycles. The van der Waals surface area contributed by atoms with Crippen LogP contribution in [0, 0.1) is 19.7 Å². The fourth-order valence-corrected chi connectivity index (χ4v) is 5.06. The fourth-order valence-electron chi connectivity index (χ4n) is 4.70. The first kappa shape index (κ1) is 27.5. The van der Waals surface area contributed by atoms with Gasteiger partial charge in [0, 0.05) is 33.0 Å². The maximum atomic E-state index is 13.5. The first-order chi connectivity index (χ1) is 19.2. The van der Waals surface area contributed by atoms with Gasteiger partial charge in [0.15, 0.2) is 0 Å². The summed E-state index contributed by atoms with van der Waals surface area (Å²) in [6, 6.07) is 21.7. The minimum absolute atomic E-state index is 0.0620. The summed E-state index contributed by atoms with van der Waals surface area (Å²) in [5, 5.41) is 5.17. The highest BCUT2D eigenvalue weighted by Crippen LogP contribution is 2.24. The average Bonchev–Trinajstić information content (AvgIpc) is 3.23. The Labute approximate surface area is 240 Å². The molecule has 2 heterocycles. The second-order valence-corrected chi connectivity index (χ2v) is 10.8. The van der Waals surface area contributed by atoms with E-state index in [0.717, 1.165) is 39.1 Å². The zero-order chi connectivity index (χ0) is 28.4. The lowest BCUT2D eigenvalue weighted by Gasteiger charge is -2.14. The number of ether oxygens (including phenoxy) is 1. The predicted molar refractivity (Wildman–Crippen MR) is 161 cm³/mol. The molecule has 0 unspecified atom stereocenters. The molecule has 0 spiro atoms. The Morgan fingerprint density at radius 2 is 1.85 bits per heavy atom. The summed E-state index contributed by atoms with van der Waals surface area (Å²) in [6.07, 6.45) is 2.56. The van der Waals surface area contributed by atoms with Gasteiger partial charge in [-0.25, -0.2) is 9.37 Å². The van der Waals surface area contributed by atoms with Crippen LogP contribution in [0.25, 0.3) is 16.6 Å². The number of hydrogen-bond acceptors (Lipinski definition) is 4. The van der Waals surface area contributed by atoms with Crippen LogP contribution in [0.1, 0.15) is 54.5 Å². The molecule has 0 fully saturated rings. The summed E-state index contributed by atoms with van der Waals surface area (Å²) in [5.74, 6) is 1.12. The molecule has 0 aliphatic rings. The topological polar surface area (TPSA) is 61.4 Å². The van der Waals surface area contributed by atoms with Gasteiger partial charge in [-0.05, 0) is 86.5 Å². The van der Waals surface area contributed by atoms with Crippen LogP contribution in [0.3, 0.4) is 0 Å². The van der Waals surface area contributed by atoms with Crippen molar-refractivity contribution in [3.05, 3.63) is 122 Å². The molecule has 0 saturated heterocycles. The molecule has 6 nitrogen and oxygen atoms in total. The minimum Gasteiger partial charge on any atom is -0.489 e. The number of benzene rings is 3. The van der Waals surface area contributed by atoms with Crippen LogP contribution in [-0.2, 0) is 6.61 Å². The van der Waals surface area contributed by atoms with Crippen molar-refractivity contribution in [2.75, 3.05) is 0 Å². The molecular formula is C32H30BrFN4O2. The quantitative estimate of drug-likeness (QED) is 0.172. The second-order valence-electron chi connectivity index (χ2n) is 9.88. The van der Waals surface area contributed by atoms with Crippen LogP contribution in [0.2, 0.25) is 0 Å². The third-order valence-corrected chi connectivity index (χ3v) is 7.55. The van der Waals surface area contributed by atoms with Crippen molar-refractivity contribution in [3.63, 3.8) is 0 Å². The van der Waals surface area contributed by atoms with Crippen molar-refractivity contribution in [2.24, 2.45) is 5.10 Å². The molecule has 5 rings (SSSR count). The molecule has 2 aromatic heterocycles. The second kappa shape index (κ2) is 11.6.